The van der Waals surface area contributed by atoms with Crippen LogP contribution in [0.2, 0.25) is 0 Å². The van der Waals surface area contributed by atoms with Gasteiger partial charge in [0.1, 0.15) is 11.5 Å². The Bertz CT molecular complexity index is 311. The molecule has 2 rings (SSSR count). The highest BCUT2D eigenvalue weighted by Crippen LogP contribution is 2.16. The molecule has 1 saturated heterocycles. The number of hydrogen-bond donors (Lipinski definition) is 1. The molecule has 0 spiro atoms. The third kappa shape index (κ3) is 4.71. The summed E-state index contributed by atoms with van der Waals surface area (Å²) in [4.78, 5) is 2.37. The van der Waals surface area contributed by atoms with Gasteiger partial charge in [0.25, 0.3) is 0 Å². The quantitative estimate of drug-likeness (QED) is 0.879. The third-order valence-corrected chi connectivity index (χ3v) is 3.55. The highest BCUT2D eigenvalue weighted by Gasteiger charge is 2.12. The van der Waals surface area contributed by atoms with Crippen LogP contribution in [0.25, 0.3) is 0 Å². The number of ether oxygens (including phenoxy) is 1. The summed E-state index contributed by atoms with van der Waals surface area (Å²) in [6.45, 7) is 6.81. The Morgan fingerprint density at radius 2 is 1.94 bits per heavy atom. The van der Waals surface area contributed by atoms with Crippen LogP contribution in [0, 0.1) is 0 Å². The molecule has 0 amide bonds. The second-order valence-electron chi connectivity index (χ2n) is 3.89. The highest BCUT2D eigenvalue weighted by molar-refractivity contribution is 7.98. The molecule has 0 radical (unpaired) electrons. The molecule has 17 heavy (non-hydrogen) atoms. The Morgan fingerprint density at radius 1 is 1.24 bits per heavy atom. The van der Waals surface area contributed by atoms with E-state index in [0.717, 1.165) is 55.9 Å². The molecule has 1 fully saturated rings. The van der Waals surface area contributed by atoms with E-state index < -0.39 is 0 Å². The maximum Gasteiger partial charge on any atom is 0.118 e. The van der Waals surface area contributed by atoms with Crippen molar-refractivity contribution in [1.82, 2.24) is 11.1 Å². The fraction of sp³-hybridized carbons (Fsp3) is 0.667. The van der Waals surface area contributed by atoms with Crippen LogP contribution in [0.3, 0.4) is 0 Å². The lowest BCUT2D eigenvalue weighted by Crippen LogP contribution is -2.35. The first-order valence-corrected chi connectivity index (χ1v) is 6.99. The van der Waals surface area contributed by atoms with E-state index in [1.807, 2.05) is 11.8 Å². The maximum absolute atomic E-state index is 5.79. The van der Waals surface area contributed by atoms with Crippen LogP contribution >= 0.6 is 11.8 Å². The zero-order chi connectivity index (χ0) is 11.2. The summed E-state index contributed by atoms with van der Waals surface area (Å²) in [5.74, 6) is 4.29. The van der Waals surface area contributed by atoms with Gasteiger partial charge in [-0.1, -0.05) is 6.92 Å². The van der Waals surface area contributed by atoms with Crippen LogP contribution in [0.1, 0.15) is 18.4 Å². The minimum Gasteiger partial charge on any atom is -0.464 e. The molecule has 0 unspecified atom stereocenters. The zero-order valence-electron chi connectivity index (χ0n) is 10.5. The molecular weight excluding hydrogens is 236 g/mol. The van der Waals surface area contributed by atoms with Gasteiger partial charge in [0.05, 0.1) is 25.5 Å². The first-order valence-electron chi connectivity index (χ1n) is 5.84. The summed E-state index contributed by atoms with van der Waals surface area (Å²) < 4.78 is 11.1. The summed E-state index contributed by atoms with van der Waals surface area (Å²) in [7, 11) is 0. The van der Waals surface area contributed by atoms with Crippen LogP contribution in [-0.4, -0.2) is 37.0 Å². The molecule has 3 N–H and O–H groups in total. The van der Waals surface area contributed by atoms with Crippen molar-refractivity contribution in [1.29, 1.82) is 0 Å². The molecule has 0 aliphatic carbocycles. The Labute approximate surface area is 107 Å². The van der Waals surface area contributed by atoms with Gasteiger partial charge >= 0.3 is 0 Å². The lowest BCUT2D eigenvalue weighted by atomic mass is 10.3. The maximum atomic E-state index is 5.79. The second-order valence-corrected chi connectivity index (χ2v) is 5.17. The van der Waals surface area contributed by atoms with E-state index in [1.54, 1.807) is 0 Å². The fourth-order valence-electron chi connectivity index (χ4n) is 1.77. The van der Waals surface area contributed by atoms with Crippen molar-refractivity contribution >= 4 is 11.8 Å². The van der Waals surface area contributed by atoms with E-state index in [1.165, 1.54) is 0 Å². The number of furan rings is 1. The van der Waals surface area contributed by atoms with Gasteiger partial charge in [0.15, 0.2) is 0 Å². The van der Waals surface area contributed by atoms with Gasteiger partial charge in [-0.15, -0.1) is 0 Å². The zero-order valence-corrected chi connectivity index (χ0v) is 11.3. The van der Waals surface area contributed by atoms with Gasteiger partial charge in [-0.2, -0.15) is 11.8 Å². The molecule has 2 heterocycles. The minimum absolute atomic E-state index is 0. The van der Waals surface area contributed by atoms with Crippen molar-refractivity contribution in [2.24, 2.45) is 0 Å². The molecule has 0 saturated carbocycles. The number of thioether (sulfide) groups is 1. The van der Waals surface area contributed by atoms with E-state index in [0.29, 0.717) is 0 Å². The van der Waals surface area contributed by atoms with Crippen molar-refractivity contribution < 1.29 is 9.15 Å². The summed E-state index contributed by atoms with van der Waals surface area (Å²) in [6.07, 6.45) is 0. The second kappa shape index (κ2) is 7.76. The molecule has 0 aromatic carbocycles. The van der Waals surface area contributed by atoms with E-state index in [4.69, 9.17) is 9.15 Å². The summed E-state index contributed by atoms with van der Waals surface area (Å²) >= 11 is 1.89. The average molecular weight is 258 g/mol. The van der Waals surface area contributed by atoms with E-state index >= 15 is 0 Å². The van der Waals surface area contributed by atoms with Crippen LogP contribution in [0.5, 0.6) is 0 Å². The normalized spacial score (nSPS) is 16.8. The van der Waals surface area contributed by atoms with Gasteiger partial charge < -0.3 is 15.3 Å². The van der Waals surface area contributed by atoms with E-state index in [2.05, 4.69) is 24.0 Å². The van der Waals surface area contributed by atoms with Crippen LogP contribution < -0.4 is 6.15 Å². The molecule has 1 aromatic heterocycles. The summed E-state index contributed by atoms with van der Waals surface area (Å²) in [6, 6.07) is 4.19. The topological polar surface area (TPSA) is 60.6 Å². The Kier molecular flexibility index (Phi) is 6.65. The average Bonchev–Trinajstić information content (AvgIpc) is 2.75. The predicted octanol–water partition coefficient (Wildman–Crippen LogP) is 2.53. The lowest BCUT2D eigenvalue weighted by molar-refractivity contribution is 0.0312. The van der Waals surface area contributed by atoms with Gasteiger partial charge in [0.2, 0.25) is 0 Å². The van der Waals surface area contributed by atoms with Gasteiger partial charge in [0, 0.05) is 13.1 Å². The first-order chi connectivity index (χ1) is 7.88. The van der Waals surface area contributed by atoms with Crippen molar-refractivity contribution in [2.45, 2.75) is 19.2 Å². The SMILES string of the molecule is CCSCc1ccc(CN2CCOCC2)o1.N. The molecule has 1 aliphatic rings. The largest absolute Gasteiger partial charge is 0.464 e. The van der Waals surface area contributed by atoms with Crippen LogP contribution in [-0.2, 0) is 17.0 Å². The number of morpholine rings is 1. The standard InChI is InChI=1S/C12H19NO2S.H3N/c1-2-16-10-12-4-3-11(15-12)9-13-5-7-14-8-6-13;/h3-4H,2,5-10H2,1H3;1H3. The number of hydrogen-bond acceptors (Lipinski definition) is 5. The van der Waals surface area contributed by atoms with Gasteiger partial charge in [-0.25, -0.2) is 0 Å². The van der Waals surface area contributed by atoms with Crippen molar-refractivity contribution in [3.63, 3.8) is 0 Å². The molecular formula is C12H22N2O2S. The number of rotatable bonds is 5. The molecule has 4 nitrogen and oxygen atoms in total. The van der Waals surface area contributed by atoms with Crippen molar-refractivity contribution in [3.8, 4) is 0 Å². The van der Waals surface area contributed by atoms with E-state index in [9.17, 15) is 0 Å². The smallest absolute Gasteiger partial charge is 0.118 e. The van der Waals surface area contributed by atoms with Gasteiger partial charge in [-0.05, 0) is 17.9 Å². The monoisotopic (exact) mass is 258 g/mol. The molecule has 1 aliphatic heterocycles. The summed E-state index contributed by atoms with van der Waals surface area (Å²) in [5, 5.41) is 0. The third-order valence-electron chi connectivity index (χ3n) is 2.65. The number of nitrogens with zero attached hydrogens (tertiary/aromatic N) is 1. The van der Waals surface area contributed by atoms with Crippen molar-refractivity contribution in [2.75, 3.05) is 32.1 Å². The predicted molar refractivity (Wildman–Crippen MR) is 71.7 cm³/mol. The van der Waals surface area contributed by atoms with Crippen LogP contribution in [0.4, 0.5) is 0 Å². The summed E-state index contributed by atoms with van der Waals surface area (Å²) in [5.41, 5.74) is 0. The molecule has 0 bridgehead atoms. The van der Waals surface area contributed by atoms with Crippen molar-refractivity contribution in [3.05, 3.63) is 23.7 Å². The van der Waals surface area contributed by atoms with Crippen LogP contribution in [0.15, 0.2) is 16.5 Å². The molecule has 1 aromatic rings. The lowest BCUT2D eigenvalue weighted by Gasteiger charge is -2.25. The highest BCUT2D eigenvalue weighted by atomic mass is 32.2. The molecule has 0 atom stereocenters. The Morgan fingerprint density at radius 3 is 2.65 bits per heavy atom. The Balaban J connectivity index is 0.00000144. The van der Waals surface area contributed by atoms with Gasteiger partial charge in [-0.3, -0.25) is 4.90 Å². The molecule has 98 valence electrons. The van der Waals surface area contributed by atoms with E-state index in [-0.39, 0.29) is 6.15 Å². The first kappa shape index (κ1) is 14.6. The Hall–Kier alpha value is -0.490. The minimum atomic E-state index is 0. The fourth-order valence-corrected chi connectivity index (χ4v) is 2.33. The molecule has 5 heteroatoms.